The topological polar surface area (TPSA) is 60.4 Å². The summed E-state index contributed by atoms with van der Waals surface area (Å²) in [6, 6.07) is 13.8. The van der Waals surface area contributed by atoms with Crippen LogP contribution in [0.2, 0.25) is 0 Å². The van der Waals surface area contributed by atoms with Crippen molar-refractivity contribution in [2.75, 3.05) is 6.61 Å². The molecule has 2 aromatic carbocycles. The van der Waals surface area contributed by atoms with Crippen LogP contribution in [-0.4, -0.2) is 20.8 Å². The number of carbonyl (C=O) groups is 1. The van der Waals surface area contributed by atoms with Crippen LogP contribution >= 0.6 is 0 Å². The number of hydrogen-bond donors (Lipinski definition) is 0. The molecule has 32 heavy (non-hydrogen) atoms. The lowest BCUT2D eigenvalue weighted by Gasteiger charge is -2.07. The molecule has 0 heterocycles. The molecule has 176 valence electrons. The standard InChI is InChI=1S/C27H38O4S/c1-3-4-5-6-7-8-9-10-11-12-13-24-16-20-26(21-17-24)32(29,30)31-22-27(28)25-18-14-23(2)15-19-25/h14-21H,3-13,22H2,1-2H3. The van der Waals surface area contributed by atoms with E-state index in [9.17, 15) is 13.2 Å². The molecule has 0 unspecified atom stereocenters. The first-order valence-corrected chi connectivity index (χ1v) is 13.4. The van der Waals surface area contributed by atoms with Gasteiger partial charge in [0.1, 0.15) is 6.61 Å². The molecule has 4 nitrogen and oxygen atoms in total. The summed E-state index contributed by atoms with van der Waals surface area (Å²) in [6.07, 6.45) is 13.9. The summed E-state index contributed by atoms with van der Waals surface area (Å²) in [4.78, 5) is 12.3. The summed E-state index contributed by atoms with van der Waals surface area (Å²) >= 11 is 0. The minimum atomic E-state index is -3.95. The van der Waals surface area contributed by atoms with Gasteiger partial charge in [0.15, 0.2) is 5.78 Å². The second-order valence-corrected chi connectivity index (χ2v) is 10.2. The zero-order valence-electron chi connectivity index (χ0n) is 19.6. The van der Waals surface area contributed by atoms with Crippen molar-refractivity contribution in [3.05, 3.63) is 65.2 Å². The maximum atomic E-state index is 12.4. The molecule has 2 rings (SSSR count). The van der Waals surface area contributed by atoms with E-state index in [-0.39, 0.29) is 10.7 Å². The zero-order chi connectivity index (χ0) is 23.2. The van der Waals surface area contributed by atoms with Crippen molar-refractivity contribution >= 4 is 15.9 Å². The molecule has 0 N–H and O–H groups in total. The molecular formula is C27H38O4S. The van der Waals surface area contributed by atoms with E-state index >= 15 is 0 Å². The largest absolute Gasteiger partial charge is 0.297 e. The highest BCUT2D eigenvalue weighted by molar-refractivity contribution is 7.86. The third-order valence-electron chi connectivity index (χ3n) is 5.75. The molecule has 5 heteroatoms. The normalized spacial score (nSPS) is 11.6. The molecule has 0 bridgehead atoms. The van der Waals surface area contributed by atoms with E-state index in [2.05, 4.69) is 6.92 Å². The van der Waals surface area contributed by atoms with Crippen molar-refractivity contribution in [3.8, 4) is 0 Å². The molecule has 0 aliphatic heterocycles. The molecular weight excluding hydrogens is 420 g/mol. The molecule has 0 aliphatic rings. The molecule has 0 spiro atoms. The van der Waals surface area contributed by atoms with Crippen LogP contribution in [0.4, 0.5) is 0 Å². The summed E-state index contributed by atoms with van der Waals surface area (Å²) in [5, 5.41) is 0. The predicted molar refractivity (Wildman–Crippen MR) is 131 cm³/mol. The third-order valence-corrected chi connectivity index (χ3v) is 7.03. The number of ketones is 1. The number of benzene rings is 2. The highest BCUT2D eigenvalue weighted by atomic mass is 32.2. The maximum Gasteiger partial charge on any atom is 0.297 e. The van der Waals surface area contributed by atoms with Crippen LogP contribution < -0.4 is 0 Å². The van der Waals surface area contributed by atoms with Crippen LogP contribution in [0, 0.1) is 6.92 Å². The first-order valence-electron chi connectivity index (χ1n) is 12.0. The molecule has 0 saturated carbocycles. The fourth-order valence-corrected chi connectivity index (χ4v) is 4.53. The third kappa shape index (κ3) is 9.66. The first kappa shape index (κ1) is 26.3. The Bertz CT molecular complexity index is 900. The lowest BCUT2D eigenvalue weighted by atomic mass is 10.0. The average Bonchev–Trinajstić information content (AvgIpc) is 2.79. The van der Waals surface area contributed by atoms with E-state index < -0.39 is 16.7 Å². The molecule has 0 radical (unpaired) electrons. The van der Waals surface area contributed by atoms with E-state index in [1.807, 2.05) is 31.2 Å². The van der Waals surface area contributed by atoms with E-state index in [0.717, 1.165) is 24.0 Å². The fourth-order valence-electron chi connectivity index (χ4n) is 3.66. The van der Waals surface area contributed by atoms with Crippen LogP contribution in [0.3, 0.4) is 0 Å². The summed E-state index contributed by atoms with van der Waals surface area (Å²) in [5.41, 5.74) is 2.60. The highest BCUT2D eigenvalue weighted by Crippen LogP contribution is 2.17. The highest BCUT2D eigenvalue weighted by Gasteiger charge is 2.18. The van der Waals surface area contributed by atoms with Gasteiger partial charge in [-0.3, -0.25) is 8.98 Å². The molecule has 2 aromatic rings. The average molecular weight is 459 g/mol. The number of aryl methyl sites for hydroxylation is 2. The molecule has 0 atom stereocenters. The molecule has 0 aromatic heterocycles. The summed E-state index contributed by atoms with van der Waals surface area (Å²) < 4.78 is 29.8. The summed E-state index contributed by atoms with van der Waals surface area (Å²) in [6.45, 7) is 3.68. The van der Waals surface area contributed by atoms with Crippen molar-refractivity contribution in [3.63, 3.8) is 0 Å². The molecule has 0 aliphatic carbocycles. The number of hydrogen-bond acceptors (Lipinski definition) is 4. The van der Waals surface area contributed by atoms with Crippen LogP contribution in [0.1, 0.15) is 92.6 Å². The van der Waals surface area contributed by atoms with Gasteiger partial charge in [-0.2, -0.15) is 8.42 Å². The van der Waals surface area contributed by atoms with E-state index in [0.29, 0.717) is 5.56 Å². The Morgan fingerprint density at radius 2 is 1.28 bits per heavy atom. The Morgan fingerprint density at radius 1 is 0.750 bits per heavy atom. The summed E-state index contributed by atoms with van der Waals surface area (Å²) in [5.74, 6) is -0.355. The predicted octanol–water partition coefficient (Wildman–Crippen LogP) is 7.05. The van der Waals surface area contributed by atoms with E-state index in [1.54, 1.807) is 24.3 Å². The van der Waals surface area contributed by atoms with Crippen molar-refractivity contribution in [2.45, 2.75) is 89.4 Å². The Balaban J connectivity index is 1.68. The number of Topliss-reactive ketones (excluding diaryl/α,β-unsaturated/α-hetero) is 1. The minimum absolute atomic E-state index is 0.0843. The quantitative estimate of drug-likeness (QED) is 0.154. The van der Waals surface area contributed by atoms with Crippen LogP contribution in [-0.2, 0) is 20.7 Å². The van der Waals surface area contributed by atoms with Crippen molar-refractivity contribution in [1.82, 2.24) is 0 Å². The van der Waals surface area contributed by atoms with Crippen molar-refractivity contribution in [2.24, 2.45) is 0 Å². The Kier molecular flexibility index (Phi) is 11.7. The van der Waals surface area contributed by atoms with Crippen molar-refractivity contribution in [1.29, 1.82) is 0 Å². The van der Waals surface area contributed by atoms with Gasteiger partial charge in [-0.1, -0.05) is 107 Å². The van der Waals surface area contributed by atoms with Gasteiger partial charge in [-0.25, -0.2) is 0 Å². The van der Waals surface area contributed by atoms with Crippen molar-refractivity contribution < 1.29 is 17.4 Å². The fraction of sp³-hybridized carbons (Fsp3) is 0.519. The van der Waals surface area contributed by atoms with Crippen LogP contribution in [0.5, 0.6) is 0 Å². The lowest BCUT2D eigenvalue weighted by Crippen LogP contribution is -2.14. The van der Waals surface area contributed by atoms with Gasteiger partial charge in [-0.05, 0) is 37.5 Å². The lowest BCUT2D eigenvalue weighted by molar-refractivity contribution is 0.0924. The Morgan fingerprint density at radius 3 is 1.84 bits per heavy atom. The monoisotopic (exact) mass is 458 g/mol. The SMILES string of the molecule is CCCCCCCCCCCCc1ccc(S(=O)(=O)OCC(=O)c2ccc(C)cc2)cc1. The van der Waals surface area contributed by atoms with E-state index in [4.69, 9.17) is 4.18 Å². The second kappa shape index (κ2) is 14.2. The van der Waals surface area contributed by atoms with Gasteiger partial charge in [0.05, 0.1) is 4.90 Å². The first-order chi connectivity index (χ1) is 15.4. The smallest absolute Gasteiger partial charge is 0.291 e. The molecule has 0 saturated heterocycles. The van der Waals surface area contributed by atoms with Crippen LogP contribution in [0.15, 0.2) is 53.4 Å². The Hall–Kier alpha value is -1.98. The molecule has 0 fully saturated rings. The second-order valence-electron chi connectivity index (χ2n) is 8.58. The Labute approximate surface area is 194 Å². The minimum Gasteiger partial charge on any atom is -0.291 e. The van der Waals surface area contributed by atoms with Gasteiger partial charge in [-0.15, -0.1) is 0 Å². The zero-order valence-corrected chi connectivity index (χ0v) is 20.5. The summed E-state index contributed by atoms with van der Waals surface area (Å²) in [7, 11) is -3.95. The number of unbranched alkanes of at least 4 members (excludes halogenated alkanes) is 9. The van der Waals surface area contributed by atoms with Crippen LogP contribution in [0.25, 0.3) is 0 Å². The van der Waals surface area contributed by atoms with Gasteiger partial charge < -0.3 is 0 Å². The van der Waals surface area contributed by atoms with Gasteiger partial charge >= 0.3 is 0 Å². The van der Waals surface area contributed by atoms with Gasteiger partial charge in [0.25, 0.3) is 10.1 Å². The maximum absolute atomic E-state index is 12.4. The van der Waals surface area contributed by atoms with Gasteiger partial charge in [0.2, 0.25) is 0 Å². The van der Waals surface area contributed by atoms with E-state index in [1.165, 1.54) is 57.8 Å². The number of rotatable bonds is 16. The number of carbonyl (C=O) groups excluding carboxylic acids is 1. The molecule has 0 amide bonds. The van der Waals surface area contributed by atoms with Gasteiger partial charge in [0, 0.05) is 5.56 Å².